The van der Waals surface area contributed by atoms with E-state index in [2.05, 4.69) is 15.5 Å². The molecule has 2 N–H and O–H groups in total. The van der Waals surface area contributed by atoms with Crippen molar-refractivity contribution in [3.05, 3.63) is 0 Å². The first-order valence-corrected chi connectivity index (χ1v) is 6.78. The summed E-state index contributed by atoms with van der Waals surface area (Å²) in [5.41, 5.74) is 0. The van der Waals surface area contributed by atoms with Gasteiger partial charge >= 0.3 is 0 Å². The Hall–Kier alpha value is -0.650. The van der Waals surface area contributed by atoms with E-state index in [-0.39, 0.29) is 0 Å². The summed E-state index contributed by atoms with van der Waals surface area (Å²) in [5.74, 6) is 0.301. The smallest absolute Gasteiger partial charge is 0.236 e. The van der Waals surface area contributed by atoms with Crippen LogP contribution in [0.1, 0.15) is 12.8 Å². The molecule has 0 aromatic heterocycles. The normalized spacial score (nSPS) is 24.1. The summed E-state index contributed by atoms with van der Waals surface area (Å²) in [6, 6.07) is 0. The fourth-order valence-corrected chi connectivity index (χ4v) is 2.45. The van der Waals surface area contributed by atoms with Gasteiger partial charge < -0.3 is 15.5 Å². The van der Waals surface area contributed by atoms with Crippen LogP contribution in [-0.4, -0.2) is 74.6 Å². The Labute approximate surface area is 104 Å². The van der Waals surface area contributed by atoms with Crippen molar-refractivity contribution in [3.8, 4) is 0 Å². The molecule has 2 saturated heterocycles. The Morgan fingerprint density at radius 3 is 2.41 bits per heavy atom. The maximum Gasteiger partial charge on any atom is 0.236 e. The molecule has 2 fully saturated rings. The second-order valence-electron chi connectivity index (χ2n) is 4.86. The molecule has 0 bridgehead atoms. The van der Waals surface area contributed by atoms with Gasteiger partial charge in [0, 0.05) is 32.7 Å². The van der Waals surface area contributed by atoms with Crippen molar-refractivity contribution in [2.24, 2.45) is 0 Å². The van der Waals surface area contributed by atoms with Gasteiger partial charge in [-0.15, -0.1) is 0 Å². The summed E-state index contributed by atoms with van der Waals surface area (Å²) in [6.07, 6.45) is 2.22. The standard InChI is InChI=1S/C12H24N4O/c17-12(16-8-2-4-14-6-10-16)11-15-7-1-3-13-5-9-15/h13-14H,1-11H2. The maximum atomic E-state index is 12.2. The van der Waals surface area contributed by atoms with Crippen LogP contribution in [-0.2, 0) is 4.79 Å². The van der Waals surface area contributed by atoms with Crippen molar-refractivity contribution in [2.75, 3.05) is 58.9 Å². The molecule has 17 heavy (non-hydrogen) atoms. The van der Waals surface area contributed by atoms with E-state index in [1.54, 1.807) is 0 Å². The highest BCUT2D eigenvalue weighted by molar-refractivity contribution is 5.78. The lowest BCUT2D eigenvalue weighted by Crippen LogP contribution is -2.42. The van der Waals surface area contributed by atoms with Crippen LogP contribution < -0.4 is 10.6 Å². The minimum absolute atomic E-state index is 0.301. The van der Waals surface area contributed by atoms with Gasteiger partial charge in [0.2, 0.25) is 5.91 Å². The lowest BCUT2D eigenvalue weighted by molar-refractivity contribution is -0.132. The molecule has 2 aliphatic rings. The van der Waals surface area contributed by atoms with Crippen LogP contribution in [0.3, 0.4) is 0 Å². The van der Waals surface area contributed by atoms with Crippen LogP contribution in [0.2, 0.25) is 0 Å². The molecule has 0 aliphatic carbocycles. The molecule has 0 aromatic rings. The van der Waals surface area contributed by atoms with E-state index in [0.717, 1.165) is 65.2 Å². The van der Waals surface area contributed by atoms with Crippen LogP contribution in [0.5, 0.6) is 0 Å². The SMILES string of the molecule is O=C(CN1CCCNCC1)N1CCCNCC1. The number of carbonyl (C=O) groups is 1. The predicted octanol–water partition coefficient (Wildman–Crippen LogP) is -0.896. The molecule has 0 spiro atoms. The second-order valence-corrected chi connectivity index (χ2v) is 4.86. The molecule has 2 rings (SSSR count). The lowest BCUT2D eigenvalue weighted by atomic mass is 10.3. The van der Waals surface area contributed by atoms with E-state index in [0.29, 0.717) is 12.5 Å². The summed E-state index contributed by atoms with van der Waals surface area (Å²) >= 11 is 0. The highest BCUT2D eigenvalue weighted by Crippen LogP contribution is 2.00. The van der Waals surface area contributed by atoms with Gasteiger partial charge in [-0.3, -0.25) is 9.69 Å². The first kappa shape index (κ1) is 12.8. The van der Waals surface area contributed by atoms with Crippen molar-refractivity contribution < 1.29 is 4.79 Å². The fourth-order valence-electron chi connectivity index (χ4n) is 2.45. The minimum Gasteiger partial charge on any atom is -0.340 e. The van der Waals surface area contributed by atoms with Crippen LogP contribution in [0.15, 0.2) is 0 Å². The highest BCUT2D eigenvalue weighted by atomic mass is 16.2. The summed E-state index contributed by atoms with van der Waals surface area (Å²) in [5, 5.41) is 6.69. The van der Waals surface area contributed by atoms with Crippen molar-refractivity contribution in [3.63, 3.8) is 0 Å². The quantitative estimate of drug-likeness (QED) is 0.657. The Balaban J connectivity index is 1.77. The molecule has 2 aliphatic heterocycles. The fraction of sp³-hybridized carbons (Fsp3) is 0.917. The summed E-state index contributed by atoms with van der Waals surface area (Å²) in [6.45, 7) is 8.49. The van der Waals surface area contributed by atoms with E-state index >= 15 is 0 Å². The Bertz CT molecular complexity index is 231. The molecule has 0 aromatic carbocycles. The topological polar surface area (TPSA) is 47.6 Å². The first-order valence-electron chi connectivity index (χ1n) is 6.78. The van der Waals surface area contributed by atoms with Crippen LogP contribution in [0.4, 0.5) is 0 Å². The number of rotatable bonds is 2. The second kappa shape index (κ2) is 6.93. The van der Waals surface area contributed by atoms with Crippen LogP contribution in [0, 0.1) is 0 Å². The van der Waals surface area contributed by atoms with Gasteiger partial charge in [-0.25, -0.2) is 0 Å². The van der Waals surface area contributed by atoms with Gasteiger partial charge in [-0.05, 0) is 32.5 Å². The highest BCUT2D eigenvalue weighted by Gasteiger charge is 2.18. The molecule has 2 heterocycles. The number of amides is 1. The molecular weight excluding hydrogens is 216 g/mol. The third-order valence-corrected chi connectivity index (χ3v) is 3.48. The van der Waals surface area contributed by atoms with Crippen molar-refractivity contribution in [1.29, 1.82) is 0 Å². The van der Waals surface area contributed by atoms with Gasteiger partial charge in [-0.2, -0.15) is 0 Å². The van der Waals surface area contributed by atoms with E-state index in [1.807, 2.05) is 4.90 Å². The number of hydrogen-bond acceptors (Lipinski definition) is 4. The minimum atomic E-state index is 0.301. The van der Waals surface area contributed by atoms with Crippen LogP contribution >= 0.6 is 0 Å². The van der Waals surface area contributed by atoms with Gasteiger partial charge in [0.25, 0.3) is 0 Å². The third kappa shape index (κ3) is 4.26. The molecule has 5 heteroatoms. The number of nitrogens with zero attached hydrogens (tertiary/aromatic N) is 2. The predicted molar refractivity (Wildman–Crippen MR) is 68.0 cm³/mol. The van der Waals surface area contributed by atoms with E-state index < -0.39 is 0 Å². The Morgan fingerprint density at radius 1 is 0.882 bits per heavy atom. The molecule has 0 atom stereocenters. The van der Waals surface area contributed by atoms with Crippen molar-refractivity contribution >= 4 is 5.91 Å². The zero-order valence-corrected chi connectivity index (χ0v) is 10.6. The summed E-state index contributed by atoms with van der Waals surface area (Å²) < 4.78 is 0. The third-order valence-electron chi connectivity index (χ3n) is 3.48. The van der Waals surface area contributed by atoms with Gasteiger partial charge in [0.15, 0.2) is 0 Å². The largest absolute Gasteiger partial charge is 0.340 e. The molecule has 0 unspecified atom stereocenters. The number of hydrogen-bond donors (Lipinski definition) is 2. The monoisotopic (exact) mass is 240 g/mol. The van der Waals surface area contributed by atoms with E-state index in [4.69, 9.17) is 0 Å². The average molecular weight is 240 g/mol. The molecule has 5 nitrogen and oxygen atoms in total. The van der Waals surface area contributed by atoms with Gasteiger partial charge in [0.05, 0.1) is 6.54 Å². The van der Waals surface area contributed by atoms with Crippen molar-refractivity contribution in [2.45, 2.75) is 12.8 Å². The van der Waals surface area contributed by atoms with Crippen LogP contribution in [0.25, 0.3) is 0 Å². The summed E-state index contributed by atoms with van der Waals surface area (Å²) in [4.78, 5) is 16.5. The number of carbonyl (C=O) groups excluding carboxylic acids is 1. The average Bonchev–Trinajstić information content (AvgIpc) is 2.72. The molecule has 0 saturated carbocycles. The molecule has 1 amide bonds. The Morgan fingerprint density at radius 2 is 1.59 bits per heavy atom. The first-order chi connectivity index (χ1) is 8.36. The van der Waals surface area contributed by atoms with Gasteiger partial charge in [0.1, 0.15) is 0 Å². The maximum absolute atomic E-state index is 12.2. The van der Waals surface area contributed by atoms with Gasteiger partial charge in [-0.1, -0.05) is 0 Å². The van der Waals surface area contributed by atoms with E-state index in [1.165, 1.54) is 0 Å². The molecular formula is C12H24N4O. The molecule has 98 valence electrons. The zero-order valence-electron chi connectivity index (χ0n) is 10.6. The molecule has 0 radical (unpaired) electrons. The Kier molecular flexibility index (Phi) is 5.22. The van der Waals surface area contributed by atoms with Crippen molar-refractivity contribution in [1.82, 2.24) is 20.4 Å². The lowest BCUT2D eigenvalue weighted by Gasteiger charge is -2.25. The van der Waals surface area contributed by atoms with E-state index in [9.17, 15) is 4.79 Å². The number of nitrogens with one attached hydrogen (secondary N) is 2. The zero-order chi connectivity index (χ0) is 11.9. The summed E-state index contributed by atoms with van der Waals surface area (Å²) in [7, 11) is 0.